The van der Waals surface area contributed by atoms with Gasteiger partial charge in [-0.05, 0) is 30.7 Å². The lowest BCUT2D eigenvalue weighted by atomic mass is 10.2. The Morgan fingerprint density at radius 1 is 1.04 bits per heavy atom. The average molecular weight is 332 g/mol. The quantitative estimate of drug-likeness (QED) is 0.884. The van der Waals surface area contributed by atoms with Gasteiger partial charge in [0.15, 0.2) is 0 Å². The number of sulfonamides is 1. The molecular formula is C17H20N2O3S. The van der Waals surface area contributed by atoms with Gasteiger partial charge in [0.2, 0.25) is 15.9 Å². The molecule has 2 rings (SSSR count). The van der Waals surface area contributed by atoms with Crippen LogP contribution in [0.25, 0.3) is 0 Å². The smallest absolute Gasteiger partial charge is 0.243 e. The van der Waals surface area contributed by atoms with E-state index < -0.39 is 10.0 Å². The first-order valence-corrected chi connectivity index (χ1v) is 8.80. The maximum absolute atomic E-state index is 12.6. The van der Waals surface area contributed by atoms with Gasteiger partial charge in [-0.25, -0.2) is 8.42 Å². The normalized spacial score (nSPS) is 11.4. The molecule has 0 saturated carbocycles. The number of hydrogen-bond acceptors (Lipinski definition) is 3. The van der Waals surface area contributed by atoms with E-state index >= 15 is 0 Å². The highest BCUT2D eigenvalue weighted by molar-refractivity contribution is 7.89. The topological polar surface area (TPSA) is 66.5 Å². The van der Waals surface area contributed by atoms with Crippen LogP contribution in [-0.4, -0.2) is 31.7 Å². The van der Waals surface area contributed by atoms with Crippen molar-refractivity contribution in [3.8, 4) is 0 Å². The molecule has 2 aromatic rings. The zero-order chi connectivity index (χ0) is 16.9. The number of anilines is 1. The molecule has 0 unspecified atom stereocenters. The number of carbonyl (C=O) groups excluding carboxylic acids is 1. The monoisotopic (exact) mass is 332 g/mol. The molecule has 0 radical (unpaired) electrons. The number of likely N-dealkylation sites (N-methyl/N-ethyl adjacent to an activating group) is 1. The Labute approximate surface area is 137 Å². The van der Waals surface area contributed by atoms with Crippen molar-refractivity contribution in [1.82, 2.24) is 4.31 Å². The van der Waals surface area contributed by atoms with E-state index in [-0.39, 0.29) is 23.9 Å². The van der Waals surface area contributed by atoms with Crippen molar-refractivity contribution in [1.29, 1.82) is 0 Å². The van der Waals surface area contributed by atoms with Crippen LogP contribution in [0.5, 0.6) is 0 Å². The Hall–Kier alpha value is -2.18. The van der Waals surface area contributed by atoms with Gasteiger partial charge in [-0.2, -0.15) is 4.31 Å². The highest BCUT2D eigenvalue weighted by atomic mass is 32.2. The van der Waals surface area contributed by atoms with Gasteiger partial charge in [-0.1, -0.05) is 43.3 Å². The summed E-state index contributed by atoms with van der Waals surface area (Å²) in [5.41, 5.74) is 1.61. The average Bonchev–Trinajstić information content (AvgIpc) is 2.55. The third-order valence-corrected chi connectivity index (χ3v) is 5.41. The fraction of sp³-hybridized carbons (Fsp3) is 0.235. The Bertz CT molecular complexity index is 773. The molecule has 0 fully saturated rings. The summed E-state index contributed by atoms with van der Waals surface area (Å²) in [6, 6.07) is 15.5. The molecule has 0 saturated heterocycles. The van der Waals surface area contributed by atoms with Gasteiger partial charge < -0.3 is 5.32 Å². The Balaban J connectivity index is 2.13. The molecule has 0 spiro atoms. The molecule has 0 atom stereocenters. The van der Waals surface area contributed by atoms with Crippen molar-refractivity contribution in [2.45, 2.75) is 18.7 Å². The van der Waals surface area contributed by atoms with Crippen LogP contribution >= 0.6 is 0 Å². The molecule has 122 valence electrons. The highest BCUT2D eigenvalue weighted by Crippen LogP contribution is 2.16. The summed E-state index contributed by atoms with van der Waals surface area (Å²) in [5.74, 6) is -0.361. The third kappa shape index (κ3) is 4.18. The fourth-order valence-corrected chi connectivity index (χ4v) is 3.60. The van der Waals surface area contributed by atoms with E-state index in [4.69, 9.17) is 0 Å². The molecule has 2 aromatic carbocycles. The first kappa shape index (κ1) is 17.2. The van der Waals surface area contributed by atoms with E-state index in [1.165, 1.54) is 12.1 Å². The van der Waals surface area contributed by atoms with Gasteiger partial charge in [-0.3, -0.25) is 4.79 Å². The predicted octanol–water partition coefficient (Wildman–Crippen LogP) is 2.64. The van der Waals surface area contributed by atoms with Gasteiger partial charge in [-0.15, -0.1) is 0 Å². The van der Waals surface area contributed by atoms with E-state index in [1.807, 2.05) is 25.1 Å². The van der Waals surface area contributed by atoms with E-state index in [0.29, 0.717) is 5.69 Å². The number of nitrogens with zero attached hydrogens (tertiary/aromatic N) is 1. The minimum Gasteiger partial charge on any atom is -0.325 e. The van der Waals surface area contributed by atoms with Crippen LogP contribution < -0.4 is 5.32 Å². The first-order chi connectivity index (χ1) is 10.9. The van der Waals surface area contributed by atoms with Crippen LogP contribution in [0.15, 0.2) is 59.5 Å². The van der Waals surface area contributed by atoms with Gasteiger partial charge in [0.1, 0.15) is 0 Å². The largest absolute Gasteiger partial charge is 0.325 e. The van der Waals surface area contributed by atoms with Crippen LogP contribution in [0.4, 0.5) is 5.69 Å². The molecule has 0 bridgehead atoms. The SMILES string of the molecule is CCN(CC(=O)Nc1ccccc1C)S(=O)(=O)c1ccccc1. The van der Waals surface area contributed by atoms with Crippen molar-refractivity contribution in [2.75, 3.05) is 18.4 Å². The number of para-hydroxylation sites is 1. The summed E-state index contributed by atoms with van der Waals surface area (Å²) in [7, 11) is -3.68. The van der Waals surface area contributed by atoms with E-state index in [2.05, 4.69) is 5.32 Å². The molecule has 0 aliphatic heterocycles. The summed E-state index contributed by atoms with van der Waals surface area (Å²) < 4.78 is 26.3. The zero-order valence-electron chi connectivity index (χ0n) is 13.2. The van der Waals surface area contributed by atoms with Crippen LogP contribution in [0, 0.1) is 6.92 Å². The maximum Gasteiger partial charge on any atom is 0.243 e. The lowest BCUT2D eigenvalue weighted by Crippen LogP contribution is -2.37. The van der Waals surface area contributed by atoms with Crippen molar-refractivity contribution in [3.05, 3.63) is 60.2 Å². The van der Waals surface area contributed by atoms with Crippen molar-refractivity contribution in [3.63, 3.8) is 0 Å². The van der Waals surface area contributed by atoms with E-state index in [0.717, 1.165) is 9.87 Å². The molecule has 0 aliphatic rings. The Morgan fingerprint density at radius 3 is 2.26 bits per heavy atom. The lowest BCUT2D eigenvalue weighted by molar-refractivity contribution is -0.116. The van der Waals surface area contributed by atoms with Crippen molar-refractivity contribution in [2.24, 2.45) is 0 Å². The second kappa shape index (κ2) is 7.39. The number of carbonyl (C=O) groups is 1. The molecule has 0 aliphatic carbocycles. The summed E-state index contributed by atoms with van der Waals surface area (Å²) in [4.78, 5) is 12.4. The Kier molecular flexibility index (Phi) is 5.52. The second-order valence-electron chi connectivity index (χ2n) is 5.11. The van der Waals surface area contributed by atoms with Crippen molar-refractivity contribution < 1.29 is 13.2 Å². The molecule has 6 heteroatoms. The van der Waals surface area contributed by atoms with Crippen LogP contribution in [0.1, 0.15) is 12.5 Å². The van der Waals surface area contributed by atoms with Gasteiger partial charge >= 0.3 is 0 Å². The summed E-state index contributed by atoms with van der Waals surface area (Å²) >= 11 is 0. The number of amides is 1. The van der Waals surface area contributed by atoms with E-state index in [9.17, 15) is 13.2 Å². The minimum atomic E-state index is -3.68. The third-order valence-electron chi connectivity index (χ3n) is 3.47. The Morgan fingerprint density at radius 2 is 1.65 bits per heavy atom. The lowest BCUT2D eigenvalue weighted by Gasteiger charge is -2.20. The summed E-state index contributed by atoms with van der Waals surface area (Å²) in [6.07, 6.45) is 0. The molecule has 23 heavy (non-hydrogen) atoms. The number of rotatable bonds is 6. The highest BCUT2D eigenvalue weighted by Gasteiger charge is 2.25. The molecule has 1 amide bonds. The molecular weight excluding hydrogens is 312 g/mol. The summed E-state index contributed by atoms with van der Waals surface area (Å²) in [5, 5.41) is 2.75. The molecule has 0 aromatic heterocycles. The van der Waals surface area contributed by atoms with Crippen LogP contribution in [0.2, 0.25) is 0 Å². The van der Waals surface area contributed by atoms with E-state index in [1.54, 1.807) is 31.2 Å². The maximum atomic E-state index is 12.6. The fourth-order valence-electron chi connectivity index (χ4n) is 2.17. The van der Waals surface area contributed by atoms with Crippen LogP contribution in [-0.2, 0) is 14.8 Å². The standard InChI is InChI=1S/C17H20N2O3S/c1-3-19(23(21,22)15-10-5-4-6-11-15)13-17(20)18-16-12-8-7-9-14(16)2/h4-12H,3,13H2,1-2H3,(H,18,20). The summed E-state index contributed by atoms with van der Waals surface area (Å²) in [6.45, 7) is 3.59. The first-order valence-electron chi connectivity index (χ1n) is 7.36. The number of benzene rings is 2. The molecule has 1 N–H and O–H groups in total. The molecule has 5 nitrogen and oxygen atoms in total. The molecule has 0 heterocycles. The number of aryl methyl sites for hydroxylation is 1. The van der Waals surface area contributed by atoms with Crippen LogP contribution in [0.3, 0.4) is 0 Å². The zero-order valence-corrected chi connectivity index (χ0v) is 14.0. The van der Waals surface area contributed by atoms with Gasteiger partial charge in [0, 0.05) is 12.2 Å². The predicted molar refractivity (Wildman–Crippen MR) is 90.7 cm³/mol. The van der Waals surface area contributed by atoms with Gasteiger partial charge in [0.05, 0.1) is 11.4 Å². The second-order valence-corrected chi connectivity index (χ2v) is 7.05. The van der Waals surface area contributed by atoms with Crippen molar-refractivity contribution >= 4 is 21.6 Å². The number of nitrogens with one attached hydrogen (secondary N) is 1. The minimum absolute atomic E-state index is 0.186. The number of hydrogen-bond donors (Lipinski definition) is 1. The van der Waals surface area contributed by atoms with Gasteiger partial charge in [0.25, 0.3) is 0 Å².